The highest BCUT2D eigenvalue weighted by molar-refractivity contribution is 7.12. The lowest BCUT2D eigenvalue weighted by Gasteiger charge is -2.37. The molecule has 2 amide bonds. The van der Waals surface area contributed by atoms with Gasteiger partial charge in [-0.2, -0.15) is 0 Å². The van der Waals surface area contributed by atoms with Gasteiger partial charge in [0.25, 0.3) is 0 Å². The number of carbonyl (C=O) groups excluding carboxylic acids is 2. The first-order chi connectivity index (χ1) is 15.7. The average Bonchev–Trinajstić information content (AvgIpc) is 3.34. The zero-order valence-corrected chi connectivity index (χ0v) is 18.5. The monoisotopic (exact) mass is 444 g/mol. The lowest BCUT2D eigenvalue weighted by molar-refractivity contribution is -0.131. The normalized spacial score (nSPS) is 16.4. The average molecular weight is 445 g/mol. The fourth-order valence-electron chi connectivity index (χ4n) is 4.19. The molecule has 0 aliphatic carbocycles. The van der Waals surface area contributed by atoms with E-state index >= 15 is 0 Å². The number of fused-ring (bicyclic) bond motifs is 1. The number of para-hydroxylation sites is 3. The molecule has 0 atom stereocenters. The van der Waals surface area contributed by atoms with Gasteiger partial charge >= 0.3 is 0 Å². The molecule has 1 aromatic heterocycles. The third-order valence-electron chi connectivity index (χ3n) is 5.90. The molecular formula is C25H24N4O2S. The molecule has 0 spiro atoms. The predicted octanol–water partition coefficient (Wildman–Crippen LogP) is 3.95. The Morgan fingerprint density at radius 2 is 1.66 bits per heavy atom. The van der Waals surface area contributed by atoms with Crippen LogP contribution in [0.2, 0.25) is 0 Å². The summed E-state index contributed by atoms with van der Waals surface area (Å²) < 4.78 is 0. The standard InChI is InChI=1S/C25H24N4O2S/c30-24-17-21(23-11-6-16-32-23)26-20-9-4-5-10-22(20)29(24)18-25(31)28-14-12-27(13-15-28)19-7-2-1-3-8-19/h1-11,16H,12-15,17-18H2. The Morgan fingerprint density at radius 1 is 0.906 bits per heavy atom. The summed E-state index contributed by atoms with van der Waals surface area (Å²) in [6.45, 7) is 2.90. The molecule has 0 unspecified atom stereocenters. The molecule has 3 heterocycles. The van der Waals surface area contributed by atoms with Gasteiger partial charge in [-0.25, -0.2) is 4.99 Å². The highest BCUT2D eigenvalue weighted by Crippen LogP contribution is 2.33. The minimum atomic E-state index is -0.0987. The molecule has 5 rings (SSSR count). The van der Waals surface area contributed by atoms with Crippen molar-refractivity contribution in [1.82, 2.24) is 4.90 Å². The van der Waals surface area contributed by atoms with Crippen LogP contribution < -0.4 is 9.80 Å². The molecule has 162 valence electrons. The topological polar surface area (TPSA) is 56.2 Å². The largest absolute Gasteiger partial charge is 0.368 e. The molecular weight excluding hydrogens is 420 g/mol. The number of rotatable bonds is 4. The van der Waals surface area contributed by atoms with Crippen molar-refractivity contribution in [2.24, 2.45) is 4.99 Å². The van der Waals surface area contributed by atoms with Crippen LogP contribution in [-0.2, 0) is 9.59 Å². The van der Waals surface area contributed by atoms with Crippen molar-refractivity contribution in [2.75, 3.05) is 42.5 Å². The summed E-state index contributed by atoms with van der Waals surface area (Å²) in [7, 11) is 0. The second-order valence-corrected chi connectivity index (χ2v) is 8.83. The van der Waals surface area contributed by atoms with Gasteiger partial charge in [0.15, 0.2) is 0 Å². The van der Waals surface area contributed by atoms with Crippen LogP contribution in [0.3, 0.4) is 0 Å². The SMILES string of the molecule is O=C(CN1C(=O)CC(c2cccs2)=Nc2ccccc21)N1CCN(c2ccccc2)CC1. The molecule has 2 aromatic carbocycles. The summed E-state index contributed by atoms with van der Waals surface area (Å²) in [5.74, 6) is -0.126. The Kier molecular flexibility index (Phi) is 5.73. The van der Waals surface area contributed by atoms with E-state index in [0.717, 1.165) is 29.4 Å². The number of amides is 2. The summed E-state index contributed by atoms with van der Waals surface area (Å²) in [4.78, 5) is 37.9. The number of nitrogens with zero attached hydrogens (tertiary/aromatic N) is 4. The van der Waals surface area contributed by atoms with E-state index < -0.39 is 0 Å². The minimum absolute atomic E-state index is 0.0274. The minimum Gasteiger partial charge on any atom is -0.368 e. The number of aliphatic imine (C=N–C) groups is 1. The maximum Gasteiger partial charge on any atom is 0.242 e. The summed E-state index contributed by atoms with van der Waals surface area (Å²) >= 11 is 1.57. The summed E-state index contributed by atoms with van der Waals surface area (Å²) in [5.41, 5.74) is 3.35. The maximum absolute atomic E-state index is 13.2. The van der Waals surface area contributed by atoms with E-state index in [0.29, 0.717) is 18.8 Å². The van der Waals surface area contributed by atoms with Crippen LogP contribution in [0, 0.1) is 0 Å². The van der Waals surface area contributed by atoms with Gasteiger partial charge in [0.05, 0.1) is 23.5 Å². The van der Waals surface area contributed by atoms with Crippen molar-refractivity contribution >= 4 is 45.9 Å². The first kappa shape index (κ1) is 20.5. The molecule has 32 heavy (non-hydrogen) atoms. The maximum atomic E-state index is 13.2. The van der Waals surface area contributed by atoms with E-state index in [1.54, 1.807) is 16.2 Å². The number of piperazine rings is 1. The molecule has 0 bridgehead atoms. The molecule has 0 radical (unpaired) electrons. The number of thiophene rings is 1. The molecule has 2 aliphatic heterocycles. The van der Waals surface area contributed by atoms with E-state index in [9.17, 15) is 9.59 Å². The number of hydrogen-bond acceptors (Lipinski definition) is 5. The van der Waals surface area contributed by atoms with Crippen molar-refractivity contribution in [3.63, 3.8) is 0 Å². The van der Waals surface area contributed by atoms with E-state index in [2.05, 4.69) is 17.0 Å². The van der Waals surface area contributed by atoms with Crippen LogP contribution in [0.25, 0.3) is 0 Å². The van der Waals surface area contributed by atoms with Crippen molar-refractivity contribution in [2.45, 2.75) is 6.42 Å². The fraction of sp³-hybridized carbons (Fsp3) is 0.240. The van der Waals surface area contributed by atoms with E-state index in [-0.39, 0.29) is 24.8 Å². The number of carbonyl (C=O) groups is 2. The zero-order chi connectivity index (χ0) is 21.9. The first-order valence-electron chi connectivity index (χ1n) is 10.8. The Morgan fingerprint density at radius 3 is 2.41 bits per heavy atom. The second kappa shape index (κ2) is 8.96. The zero-order valence-electron chi connectivity index (χ0n) is 17.7. The quantitative estimate of drug-likeness (QED) is 0.612. The Balaban J connectivity index is 1.30. The van der Waals surface area contributed by atoms with Crippen LogP contribution >= 0.6 is 11.3 Å². The summed E-state index contributed by atoms with van der Waals surface area (Å²) in [6, 6.07) is 21.8. The molecule has 0 N–H and O–H groups in total. The summed E-state index contributed by atoms with van der Waals surface area (Å²) in [6.07, 6.45) is 0.185. The summed E-state index contributed by atoms with van der Waals surface area (Å²) in [5, 5.41) is 1.98. The van der Waals surface area contributed by atoms with Crippen molar-refractivity contribution < 1.29 is 9.59 Å². The van der Waals surface area contributed by atoms with Crippen LogP contribution in [0.15, 0.2) is 77.1 Å². The second-order valence-electron chi connectivity index (χ2n) is 7.88. The van der Waals surface area contributed by atoms with Gasteiger partial charge in [-0.1, -0.05) is 36.4 Å². The molecule has 1 fully saturated rings. The van der Waals surface area contributed by atoms with Crippen LogP contribution in [0.4, 0.5) is 17.1 Å². The van der Waals surface area contributed by atoms with Crippen molar-refractivity contribution in [3.8, 4) is 0 Å². The highest BCUT2D eigenvalue weighted by atomic mass is 32.1. The van der Waals surface area contributed by atoms with Gasteiger partial charge < -0.3 is 14.7 Å². The third-order valence-corrected chi connectivity index (χ3v) is 6.82. The first-order valence-corrected chi connectivity index (χ1v) is 11.7. The van der Waals surface area contributed by atoms with E-state index in [1.807, 2.05) is 64.9 Å². The van der Waals surface area contributed by atoms with Crippen LogP contribution in [0.1, 0.15) is 11.3 Å². The molecule has 7 heteroatoms. The number of benzene rings is 2. The van der Waals surface area contributed by atoms with E-state index in [4.69, 9.17) is 4.99 Å². The molecule has 3 aromatic rings. The van der Waals surface area contributed by atoms with Gasteiger partial charge in [0.2, 0.25) is 11.8 Å². The van der Waals surface area contributed by atoms with Gasteiger partial charge in [0, 0.05) is 36.7 Å². The number of anilines is 2. The smallest absolute Gasteiger partial charge is 0.242 e. The molecule has 1 saturated heterocycles. The van der Waals surface area contributed by atoms with Gasteiger partial charge in [-0.3, -0.25) is 9.59 Å². The number of hydrogen-bond donors (Lipinski definition) is 0. The van der Waals surface area contributed by atoms with Gasteiger partial charge in [0.1, 0.15) is 6.54 Å². The third kappa shape index (κ3) is 4.16. The van der Waals surface area contributed by atoms with Crippen LogP contribution in [-0.4, -0.2) is 55.1 Å². The van der Waals surface area contributed by atoms with Gasteiger partial charge in [-0.05, 0) is 35.7 Å². The van der Waals surface area contributed by atoms with Crippen molar-refractivity contribution in [3.05, 3.63) is 77.0 Å². The van der Waals surface area contributed by atoms with E-state index in [1.165, 1.54) is 5.69 Å². The Bertz CT molecular complexity index is 1140. The molecule has 6 nitrogen and oxygen atoms in total. The van der Waals surface area contributed by atoms with Gasteiger partial charge in [-0.15, -0.1) is 11.3 Å². The Hall–Kier alpha value is -3.45. The lowest BCUT2D eigenvalue weighted by atomic mass is 10.2. The highest BCUT2D eigenvalue weighted by Gasteiger charge is 2.29. The predicted molar refractivity (Wildman–Crippen MR) is 129 cm³/mol. The fourth-order valence-corrected chi connectivity index (χ4v) is 4.91. The lowest BCUT2D eigenvalue weighted by Crippen LogP contribution is -2.52. The molecule has 0 saturated carbocycles. The molecule has 2 aliphatic rings. The Labute approximate surface area is 191 Å². The van der Waals surface area contributed by atoms with Crippen molar-refractivity contribution in [1.29, 1.82) is 0 Å². The van der Waals surface area contributed by atoms with Crippen LogP contribution in [0.5, 0.6) is 0 Å².